The second kappa shape index (κ2) is 9.58. The minimum Gasteiger partial charge on any atom is -0.489 e. The molecule has 2 aromatic rings. The number of anilines is 1. The van der Waals surface area contributed by atoms with Crippen molar-refractivity contribution in [3.63, 3.8) is 0 Å². The maximum absolute atomic E-state index is 14.7. The Kier molecular flexibility index (Phi) is 7.08. The SMILES string of the molecule is C=C(C)C[C@@H](C)c1ccc(OC2CCN(c3ncnc(OCC(C)(F)F)c3F)C2)cc1. The lowest BCUT2D eigenvalue weighted by molar-refractivity contribution is -0.0253. The van der Waals surface area contributed by atoms with Crippen LogP contribution in [0.4, 0.5) is 19.0 Å². The molecule has 1 saturated heterocycles. The maximum Gasteiger partial charge on any atom is 0.278 e. The summed E-state index contributed by atoms with van der Waals surface area (Å²) >= 11 is 0. The van der Waals surface area contributed by atoms with E-state index in [2.05, 4.69) is 23.5 Å². The second-order valence-corrected chi connectivity index (χ2v) is 8.28. The highest BCUT2D eigenvalue weighted by Crippen LogP contribution is 2.29. The van der Waals surface area contributed by atoms with Crippen LogP contribution >= 0.6 is 0 Å². The summed E-state index contributed by atoms with van der Waals surface area (Å²) in [5.41, 5.74) is 2.37. The molecule has 1 aromatic carbocycles. The van der Waals surface area contributed by atoms with Crippen molar-refractivity contribution in [3.8, 4) is 11.6 Å². The second-order valence-electron chi connectivity index (χ2n) is 8.28. The molecule has 0 saturated carbocycles. The Bertz CT molecular complexity index is 900. The van der Waals surface area contributed by atoms with E-state index >= 15 is 0 Å². The molecule has 0 amide bonds. The summed E-state index contributed by atoms with van der Waals surface area (Å²) < 4.78 is 51.6. The van der Waals surface area contributed by atoms with Crippen LogP contribution in [0.25, 0.3) is 0 Å². The third kappa shape index (κ3) is 6.35. The minimum absolute atomic E-state index is 0.0273. The van der Waals surface area contributed by atoms with Gasteiger partial charge in [0, 0.05) is 19.9 Å². The molecule has 8 heteroatoms. The van der Waals surface area contributed by atoms with E-state index in [1.54, 1.807) is 4.90 Å². The summed E-state index contributed by atoms with van der Waals surface area (Å²) in [7, 11) is 0. The maximum atomic E-state index is 14.7. The van der Waals surface area contributed by atoms with Crippen molar-refractivity contribution in [2.75, 3.05) is 24.6 Å². The molecule has 1 aliphatic rings. The third-order valence-corrected chi connectivity index (χ3v) is 5.05. The quantitative estimate of drug-likeness (QED) is 0.495. The first-order valence-electron chi connectivity index (χ1n) is 10.3. The zero-order valence-electron chi connectivity index (χ0n) is 18.1. The Morgan fingerprint density at radius 3 is 2.65 bits per heavy atom. The van der Waals surface area contributed by atoms with Gasteiger partial charge in [0.05, 0.1) is 6.54 Å². The summed E-state index contributed by atoms with van der Waals surface area (Å²) in [5, 5.41) is 0. The number of alkyl halides is 2. The smallest absolute Gasteiger partial charge is 0.278 e. The van der Waals surface area contributed by atoms with E-state index < -0.39 is 24.2 Å². The summed E-state index contributed by atoms with van der Waals surface area (Å²) in [6, 6.07) is 7.98. The number of hydrogen-bond donors (Lipinski definition) is 0. The molecular weight excluding hydrogens is 407 g/mol. The van der Waals surface area contributed by atoms with E-state index in [4.69, 9.17) is 9.47 Å². The largest absolute Gasteiger partial charge is 0.489 e. The van der Waals surface area contributed by atoms with Gasteiger partial charge in [-0.1, -0.05) is 24.6 Å². The van der Waals surface area contributed by atoms with E-state index in [1.807, 2.05) is 31.2 Å². The van der Waals surface area contributed by atoms with Crippen LogP contribution in [0.3, 0.4) is 0 Å². The molecule has 1 aromatic heterocycles. The van der Waals surface area contributed by atoms with Crippen LogP contribution in [0.2, 0.25) is 0 Å². The highest BCUT2D eigenvalue weighted by Gasteiger charge is 2.30. The van der Waals surface area contributed by atoms with Gasteiger partial charge in [-0.05, 0) is 37.0 Å². The molecule has 2 atom stereocenters. The van der Waals surface area contributed by atoms with Gasteiger partial charge in [-0.3, -0.25) is 0 Å². The van der Waals surface area contributed by atoms with Crippen LogP contribution in [-0.4, -0.2) is 41.7 Å². The van der Waals surface area contributed by atoms with Crippen LogP contribution in [-0.2, 0) is 0 Å². The molecule has 1 fully saturated rings. The number of aromatic nitrogens is 2. The number of halogens is 3. The summed E-state index contributed by atoms with van der Waals surface area (Å²) in [6.07, 6.45) is 2.59. The Hall–Kier alpha value is -2.77. The predicted molar refractivity (Wildman–Crippen MR) is 114 cm³/mol. The first-order chi connectivity index (χ1) is 14.6. The van der Waals surface area contributed by atoms with E-state index in [9.17, 15) is 13.2 Å². The van der Waals surface area contributed by atoms with E-state index in [-0.39, 0.29) is 11.9 Å². The van der Waals surface area contributed by atoms with Crippen molar-refractivity contribution in [2.45, 2.75) is 51.6 Å². The van der Waals surface area contributed by atoms with Gasteiger partial charge in [0.1, 0.15) is 18.2 Å². The fourth-order valence-electron chi connectivity index (χ4n) is 3.59. The van der Waals surface area contributed by atoms with Crippen molar-refractivity contribution in [1.29, 1.82) is 0 Å². The van der Waals surface area contributed by atoms with Crippen LogP contribution in [0.15, 0.2) is 42.7 Å². The van der Waals surface area contributed by atoms with Crippen molar-refractivity contribution in [3.05, 3.63) is 54.1 Å². The van der Waals surface area contributed by atoms with Crippen LogP contribution in [0.5, 0.6) is 11.6 Å². The molecule has 1 aliphatic heterocycles. The number of hydrogen-bond acceptors (Lipinski definition) is 5. The highest BCUT2D eigenvalue weighted by atomic mass is 19.3. The average molecular weight is 435 g/mol. The molecular formula is C23H28F3N3O2. The predicted octanol–water partition coefficient (Wildman–Crippen LogP) is 5.38. The molecule has 5 nitrogen and oxygen atoms in total. The van der Waals surface area contributed by atoms with Crippen molar-refractivity contribution in [2.24, 2.45) is 0 Å². The van der Waals surface area contributed by atoms with Crippen LogP contribution in [0.1, 0.15) is 45.1 Å². The molecule has 1 unspecified atom stereocenters. The van der Waals surface area contributed by atoms with Crippen molar-refractivity contribution < 1.29 is 22.6 Å². The minimum atomic E-state index is -3.08. The van der Waals surface area contributed by atoms with Gasteiger partial charge >= 0.3 is 0 Å². The monoisotopic (exact) mass is 435 g/mol. The molecule has 2 heterocycles. The molecule has 0 spiro atoms. The van der Waals surface area contributed by atoms with Gasteiger partial charge in [0.2, 0.25) is 5.82 Å². The zero-order valence-corrected chi connectivity index (χ0v) is 18.1. The fourth-order valence-corrected chi connectivity index (χ4v) is 3.59. The molecule has 0 radical (unpaired) electrons. The van der Waals surface area contributed by atoms with Gasteiger partial charge in [-0.15, -0.1) is 6.58 Å². The van der Waals surface area contributed by atoms with Gasteiger partial charge in [0.15, 0.2) is 12.4 Å². The first kappa shape index (κ1) is 22.9. The van der Waals surface area contributed by atoms with Gasteiger partial charge in [-0.25, -0.2) is 13.8 Å². The van der Waals surface area contributed by atoms with Crippen LogP contribution in [0, 0.1) is 5.82 Å². The van der Waals surface area contributed by atoms with E-state index in [1.165, 1.54) is 5.56 Å². The van der Waals surface area contributed by atoms with Crippen LogP contribution < -0.4 is 14.4 Å². The van der Waals surface area contributed by atoms with Gasteiger partial charge < -0.3 is 14.4 Å². The molecule has 0 bridgehead atoms. The van der Waals surface area contributed by atoms with E-state index in [0.717, 1.165) is 24.1 Å². The number of nitrogens with zero attached hydrogens (tertiary/aromatic N) is 3. The number of rotatable bonds is 9. The Morgan fingerprint density at radius 1 is 1.29 bits per heavy atom. The lowest BCUT2D eigenvalue weighted by Gasteiger charge is -2.20. The van der Waals surface area contributed by atoms with E-state index in [0.29, 0.717) is 32.4 Å². The summed E-state index contributed by atoms with van der Waals surface area (Å²) in [4.78, 5) is 9.32. The molecule has 0 aliphatic carbocycles. The molecule has 0 N–H and O–H groups in total. The molecule has 31 heavy (non-hydrogen) atoms. The average Bonchev–Trinajstić information content (AvgIpc) is 3.14. The van der Waals surface area contributed by atoms with Crippen molar-refractivity contribution in [1.82, 2.24) is 9.97 Å². The third-order valence-electron chi connectivity index (χ3n) is 5.05. The van der Waals surface area contributed by atoms with Gasteiger partial charge in [-0.2, -0.15) is 9.37 Å². The summed E-state index contributed by atoms with van der Waals surface area (Å²) in [5.74, 6) is -3.24. The highest BCUT2D eigenvalue weighted by molar-refractivity contribution is 5.44. The zero-order chi connectivity index (χ0) is 22.6. The number of benzene rings is 1. The van der Waals surface area contributed by atoms with Gasteiger partial charge in [0.25, 0.3) is 11.8 Å². The standard InChI is InChI=1S/C23H28F3N3O2/c1-15(2)11-16(3)17-5-7-18(8-6-17)31-19-9-10-29(12-19)21-20(24)22(28-14-27-21)30-13-23(4,25)26/h5-8,14,16,19H,1,9-13H2,2-4H3/t16-,19?/m1/s1. The Balaban J connectivity index is 1.60. The fraction of sp³-hybridized carbons (Fsp3) is 0.478. The number of allylic oxidation sites excluding steroid dienone is 1. The summed E-state index contributed by atoms with van der Waals surface area (Å²) in [6.45, 7) is 8.84. The van der Waals surface area contributed by atoms with Crippen molar-refractivity contribution >= 4 is 5.82 Å². The topological polar surface area (TPSA) is 47.5 Å². The normalized spacial score (nSPS) is 17.5. The Morgan fingerprint density at radius 2 is 2.00 bits per heavy atom. The Labute approximate surface area is 180 Å². The first-order valence-corrected chi connectivity index (χ1v) is 10.3. The number of ether oxygens (including phenoxy) is 2. The lowest BCUT2D eigenvalue weighted by Crippen LogP contribution is -2.27. The lowest BCUT2D eigenvalue weighted by atomic mass is 9.95. The molecule has 168 valence electrons. The molecule has 3 rings (SSSR count).